The Hall–Kier alpha value is -3.25. The molecule has 1 aliphatic carbocycles. The van der Waals surface area contributed by atoms with Crippen molar-refractivity contribution in [3.63, 3.8) is 0 Å². The van der Waals surface area contributed by atoms with Gasteiger partial charge in [-0.1, -0.05) is 54.6 Å². The minimum Gasteiger partial charge on any atom is -0.289 e. The Bertz CT molecular complexity index is 1310. The topological polar surface area (TPSA) is 69.0 Å². The molecule has 0 spiro atoms. The first kappa shape index (κ1) is 15.0. The third kappa shape index (κ3) is 1.87. The van der Waals surface area contributed by atoms with Crippen LogP contribution in [-0.4, -0.2) is 23.4 Å². The normalized spacial score (nSPS) is 13.0. The average molecular weight is 360 g/mol. The summed E-state index contributed by atoms with van der Waals surface area (Å²) in [6.07, 6.45) is 0. The summed E-state index contributed by atoms with van der Waals surface area (Å²) < 4.78 is 27.3. The smallest absolute Gasteiger partial charge is 0.283 e. The van der Waals surface area contributed by atoms with Gasteiger partial charge in [0.25, 0.3) is 10.0 Å². The molecule has 0 bridgehead atoms. The van der Waals surface area contributed by atoms with Crippen molar-refractivity contribution in [2.75, 3.05) is 0 Å². The van der Waals surface area contributed by atoms with Crippen LogP contribution in [0.15, 0.2) is 77.7 Å². The highest BCUT2D eigenvalue weighted by atomic mass is 32.2. The fourth-order valence-corrected chi connectivity index (χ4v) is 4.73. The Morgan fingerprint density at radius 1 is 0.731 bits per heavy atom. The van der Waals surface area contributed by atoms with E-state index in [0.717, 1.165) is 4.09 Å². The molecule has 0 fully saturated rings. The number of fused-ring (bicyclic) bond motifs is 2. The first-order valence-electron chi connectivity index (χ1n) is 8.05. The zero-order chi connectivity index (χ0) is 17.9. The number of aromatic nitrogens is 2. The predicted octanol–water partition coefficient (Wildman–Crippen LogP) is 3.48. The second-order valence-electron chi connectivity index (χ2n) is 6.08. The van der Waals surface area contributed by atoms with E-state index in [-0.39, 0.29) is 10.7 Å². The maximum Gasteiger partial charge on any atom is 0.283 e. The largest absolute Gasteiger partial charge is 0.289 e. The van der Waals surface area contributed by atoms with Crippen LogP contribution in [0.5, 0.6) is 0 Å². The maximum absolute atomic E-state index is 13.1. The molecular weight excluding hydrogens is 348 g/mol. The Balaban J connectivity index is 1.90. The fraction of sp³-hybridized carbons (Fsp3) is 0. The highest BCUT2D eigenvalue weighted by Crippen LogP contribution is 2.39. The van der Waals surface area contributed by atoms with Gasteiger partial charge in [-0.2, -0.15) is 17.6 Å². The van der Waals surface area contributed by atoms with Gasteiger partial charge in [0.05, 0.1) is 10.4 Å². The van der Waals surface area contributed by atoms with Crippen molar-refractivity contribution < 1.29 is 13.2 Å². The number of hydrogen-bond donors (Lipinski definition) is 0. The van der Waals surface area contributed by atoms with Gasteiger partial charge in [-0.15, -0.1) is 0 Å². The summed E-state index contributed by atoms with van der Waals surface area (Å²) in [6.45, 7) is 0. The van der Waals surface area contributed by atoms with Crippen LogP contribution in [0.1, 0.15) is 15.9 Å². The molecule has 26 heavy (non-hydrogen) atoms. The van der Waals surface area contributed by atoms with E-state index >= 15 is 0 Å². The third-order valence-electron chi connectivity index (χ3n) is 4.62. The summed E-state index contributed by atoms with van der Waals surface area (Å²) in [5, 5.41) is 5.00. The van der Waals surface area contributed by atoms with Gasteiger partial charge in [-0.05, 0) is 18.2 Å². The Kier molecular flexibility index (Phi) is 2.96. The number of carbonyl (C=O) groups is 1. The zero-order valence-corrected chi connectivity index (χ0v) is 14.3. The molecule has 0 atom stereocenters. The van der Waals surface area contributed by atoms with Gasteiger partial charge < -0.3 is 0 Å². The van der Waals surface area contributed by atoms with Gasteiger partial charge in [-0.25, -0.2) is 0 Å². The number of rotatable bonds is 2. The number of carbonyl (C=O) groups excluding carboxylic acids is 1. The van der Waals surface area contributed by atoms with E-state index in [1.165, 1.54) is 12.1 Å². The van der Waals surface area contributed by atoms with Crippen LogP contribution in [0, 0.1) is 0 Å². The van der Waals surface area contributed by atoms with Gasteiger partial charge in [-0.3, -0.25) is 4.79 Å². The highest BCUT2D eigenvalue weighted by molar-refractivity contribution is 7.90. The summed E-state index contributed by atoms with van der Waals surface area (Å²) in [6, 6.07) is 20.4. The summed E-state index contributed by atoms with van der Waals surface area (Å²) in [5.74, 6) is -0.115. The molecule has 0 saturated carbocycles. The monoisotopic (exact) mass is 360 g/mol. The molecule has 0 N–H and O–H groups in total. The van der Waals surface area contributed by atoms with Gasteiger partial charge in [0.15, 0.2) is 5.78 Å². The second-order valence-corrected chi connectivity index (χ2v) is 7.85. The van der Waals surface area contributed by atoms with Crippen LogP contribution in [0.3, 0.4) is 0 Å². The Morgan fingerprint density at radius 2 is 1.38 bits per heavy atom. The average Bonchev–Trinajstić information content (AvgIpc) is 3.08. The van der Waals surface area contributed by atoms with Crippen molar-refractivity contribution in [3.05, 3.63) is 83.9 Å². The van der Waals surface area contributed by atoms with Crippen LogP contribution in [-0.2, 0) is 10.0 Å². The molecule has 0 saturated heterocycles. The lowest BCUT2D eigenvalue weighted by atomic mass is 9.87. The molecule has 0 unspecified atom stereocenters. The first-order chi connectivity index (χ1) is 12.6. The van der Waals surface area contributed by atoms with Crippen LogP contribution in [0.25, 0.3) is 22.2 Å². The minimum absolute atomic E-state index is 0.115. The number of ketones is 1. The quantitative estimate of drug-likeness (QED) is 0.483. The summed E-state index contributed by atoms with van der Waals surface area (Å²) >= 11 is 0. The van der Waals surface area contributed by atoms with E-state index in [4.69, 9.17) is 0 Å². The first-order valence-corrected chi connectivity index (χ1v) is 9.49. The molecule has 6 heteroatoms. The summed E-state index contributed by atoms with van der Waals surface area (Å²) in [5.41, 5.74) is 2.60. The molecule has 1 aliphatic rings. The molecular formula is C20H12N2O3S. The lowest BCUT2D eigenvalue weighted by molar-refractivity contribution is 0.104. The second kappa shape index (κ2) is 5.12. The van der Waals surface area contributed by atoms with Crippen LogP contribution >= 0.6 is 0 Å². The fourth-order valence-electron chi connectivity index (χ4n) is 3.43. The zero-order valence-electron chi connectivity index (χ0n) is 13.5. The number of benzene rings is 3. The molecule has 5 nitrogen and oxygen atoms in total. The minimum atomic E-state index is -3.87. The van der Waals surface area contributed by atoms with Crippen molar-refractivity contribution in [2.45, 2.75) is 4.90 Å². The number of hydrogen-bond acceptors (Lipinski definition) is 4. The third-order valence-corrected chi connectivity index (χ3v) is 6.22. The van der Waals surface area contributed by atoms with Crippen LogP contribution in [0.4, 0.5) is 0 Å². The predicted molar refractivity (Wildman–Crippen MR) is 97.6 cm³/mol. The molecule has 5 rings (SSSR count). The van der Waals surface area contributed by atoms with E-state index in [1.54, 1.807) is 54.6 Å². The SMILES string of the molecule is O=C1c2ccccc2-c2nn(S(=O)(=O)c3ccccc3)c3cccc1c23. The van der Waals surface area contributed by atoms with Crippen molar-refractivity contribution in [1.29, 1.82) is 0 Å². The Morgan fingerprint density at radius 3 is 2.15 bits per heavy atom. The maximum atomic E-state index is 13.1. The van der Waals surface area contributed by atoms with E-state index < -0.39 is 10.0 Å². The molecule has 0 amide bonds. The van der Waals surface area contributed by atoms with Gasteiger partial charge >= 0.3 is 0 Å². The van der Waals surface area contributed by atoms with Crippen molar-refractivity contribution in [3.8, 4) is 11.3 Å². The standard InChI is InChI=1S/C20H12N2O3S/c23-20-15-10-5-4-9-14(15)19-18-16(20)11-6-12-17(18)22(21-19)26(24,25)13-7-2-1-3-8-13/h1-12H. The lowest BCUT2D eigenvalue weighted by Crippen LogP contribution is -2.14. The molecule has 1 aromatic heterocycles. The van der Waals surface area contributed by atoms with Crippen molar-refractivity contribution >= 4 is 26.7 Å². The van der Waals surface area contributed by atoms with E-state index in [1.807, 2.05) is 6.07 Å². The van der Waals surface area contributed by atoms with Gasteiger partial charge in [0, 0.05) is 22.1 Å². The highest BCUT2D eigenvalue weighted by Gasteiger charge is 2.31. The summed E-state index contributed by atoms with van der Waals surface area (Å²) in [4.78, 5) is 13.0. The Labute approximate surface area is 149 Å². The molecule has 3 aromatic carbocycles. The van der Waals surface area contributed by atoms with Gasteiger partial charge in [0.2, 0.25) is 0 Å². The van der Waals surface area contributed by atoms with E-state index in [9.17, 15) is 13.2 Å². The molecule has 4 aromatic rings. The summed E-state index contributed by atoms with van der Waals surface area (Å²) in [7, 11) is -3.87. The number of nitrogens with zero attached hydrogens (tertiary/aromatic N) is 2. The van der Waals surface area contributed by atoms with Crippen LogP contribution < -0.4 is 0 Å². The molecule has 0 radical (unpaired) electrons. The van der Waals surface area contributed by atoms with Crippen molar-refractivity contribution in [1.82, 2.24) is 9.19 Å². The van der Waals surface area contributed by atoms with Crippen molar-refractivity contribution in [2.24, 2.45) is 0 Å². The van der Waals surface area contributed by atoms with Gasteiger partial charge in [0.1, 0.15) is 5.69 Å². The lowest BCUT2D eigenvalue weighted by Gasteiger charge is -2.13. The molecule has 0 aliphatic heterocycles. The van der Waals surface area contributed by atoms with Crippen LogP contribution in [0.2, 0.25) is 0 Å². The van der Waals surface area contributed by atoms with E-state index in [2.05, 4.69) is 5.10 Å². The molecule has 1 heterocycles. The van der Waals surface area contributed by atoms with E-state index in [0.29, 0.717) is 33.3 Å². The molecule has 126 valence electrons.